The first-order chi connectivity index (χ1) is 16.0. The average Bonchev–Trinajstić information content (AvgIpc) is 3.25. The summed E-state index contributed by atoms with van der Waals surface area (Å²) in [6, 6.07) is 17.6. The van der Waals surface area contributed by atoms with E-state index in [0.29, 0.717) is 50.7 Å². The molecule has 7 heteroatoms. The van der Waals surface area contributed by atoms with Gasteiger partial charge in [0.25, 0.3) is 5.91 Å². The Morgan fingerprint density at radius 1 is 1.00 bits per heavy atom. The van der Waals surface area contributed by atoms with Gasteiger partial charge in [0.1, 0.15) is 12.2 Å². The van der Waals surface area contributed by atoms with E-state index in [2.05, 4.69) is 12.1 Å². The van der Waals surface area contributed by atoms with Gasteiger partial charge in [0.2, 0.25) is 5.91 Å². The highest BCUT2D eigenvalue weighted by Crippen LogP contribution is 2.40. The standard InChI is InChI=1S/C26H29ClN2O4/c27-21-7-4-8-22(15-21)29-19-26(33-17-23(29)30)9-12-28(18-26)24(31)25(10-13-32-14-11-25)16-20-5-2-1-3-6-20/h1-8,15H,9-14,16-19H2. The maximum absolute atomic E-state index is 13.9. The zero-order chi connectivity index (χ0) is 22.9. The van der Waals surface area contributed by atoms with Gasteiger partial charge in [-0.1, -0.05) is 48.0 Å². The van der Waals surface area contributed by atoms with Crippen LogP contribution in [0.4, 0.5) is 5.69 Å². The minimum Gasteiger partial charge on any atom is -0.381 e. The Bertz CT molecular complexity index is 1020. The smallest absolute Gasteiger partial charge is 0.253 e. The lowest BCUT2D eigenvalue weighted by molar-refractivity contribution is -0.149. The number of carbonyl (C=O) groups is 2. The lowest BCUT2D eigenvalue weighted by Gasteiger charge is -2.42. The van der Waals surface area contributed by atoms with Crippen molar-refractivity contribution in [2.45, 2.75) is 31.3 Å². The number of hydrogen-bond donors (Lipinski definition) is 0. The Kier molecular flexibility index (Phi) is 6.16. The molecular formula is C26H29ClN2O4. The van der Waals surface area contributed by atoms with Crippen molar-refractivity contribution in [2.24, 2.45) is 5.41 Å². The molecule has 2 aromatic carbocycles. The molecule has 33 heavy (non-hydrogen) atoms. The summed E-state index contributed by atoms with van der Waals surface area (Å²) in [6.07, 6.45) is 2.87. The van der Waals surface area contributed by atoms with Crippen LogP contribution in [0, 0.1) is 5.41 Å². The highest BCUT2D eigenvalue weighted by molar-refractivity contribution is 6.30. The summed E-state index contributed by atoms with van der Waals surface area (Å²) in [6.45, 7) is 2.76. The average molecular weight is 469 g/mol. The summed E-state index contributed by atoms with van der Waals surface area (Å²) < 4.78 is 11.7. The molecule has 0 N–H and O–H groups in total. The van der Waals surface area contributed by atoms with Gasteiger partial charge in [0.15, 0.2) is 0 Å². The third-order valence-electron chi connectivity index (χ3n) is 7.26. The topological polar surface area (TPSA) is 59.1 Å². The molecular weight excluding hydrogens is 440 g/mol. The van der Waals surface area contributed by atoms with Gasteiger partial charge in [-0.3, -0.25) is 9.59 Å². The van der Waals surface area contributed by atoms with Crippen molar-refractivity contribution in [3.63, 3.8) is 0 Å². The van der Waals surface area contributed by atoms with Crippen LogP contribution in [-0.2, 0) is 25.5 Å². The van der Waals surface area contributed by atoms with Gasteiger partial charge < -0.3 is 19.3 Å². The van der Waals surface area contributed by atoms with E-state index in [1.54, 1.807) is 17.0 Å². The fraction of sp³-hybridized carbons (Fsp3) is 0.462. The maximum Gasteiger partial charge on any atom is 0.253 e. The van der Waals surface area contributed by atoms with E-state index >= 15 is 0 Å². The molecule has 5 rings (SSSR count). The third-order valence-corrected chi connectivity index (χ3v) is 7.50. The van der Waals surface area contributed by atoms with Crippen LogP contribution < -0.4 is 4.90 Å². The highest BCUT2D eigenvalue weighted by Gasteiger charge is 2.50. The number of carbonyl (C=O) groups excluding carboxylic acids is 2. The van der Waals surface area contributed by atoms with E-state index in [1.807, 2.05) is 35.2 Å². The van der Waals surface area contributed by atoms with E-state index in [4.69, 9.17) is 21.1 Å². The summed E-state index contributed by atoms with van der Waals surface area (Å²) in [5.41, 5.74) is 0.936. The first kappa shape index (κ1) is 22.4. The Morgan fingerprint density at radius 3 is 2.55 bits per heavy atom. The Hall–Kier alpha value is -2.41. The summed E-state index contributed by atoms with van der Waals surface area (Å²) in [7, 11) is 0. The molecule has 3 heterocycles. The highest BCUT2D eigenvalue weighted by atomic mass is 35.5. The van der Waals surface area contributed by atoms with Gasteiger partial charge in [-0.2, -0.15) is 0 Å². The first-order valence-electron chi connectivity index (χ1n) is 11.6. The molecule has 1 spiro atoms. The van der Waals surface area contributed by atoms with Crippen molar-refractivity contribution in [2.75, 3.05) is 44.4 Å². The normalized spacial score (nSPS) is 24.9. The number of nitrogens with zero attached hydrogens (tertiary/aromatic N) is 2. The molecule has 0 saturated carbocycles. The molecule has 1 atom stereocenters. The molecule has 0 radical (unpaired) electrons. The van der Waals surface area contributed by atoms with Gasteiger partial charge >= 0.3 is 0 Å². The Balaban J connectivity index is 1.34. The molecule has 3 aliphatic heterocycles. The number of halogens is 1. The molecule has 6 nitrogen and oxygen atoms in total. The van der Waals surface area contributed by atoms with Crippen LogP contribution in [0.3, 0.4) is 0 Å². The van der Waals surface area contributed by atoms with Crippen molar-refractivity contribution >= 4 is 29.1 Å². The quantitative estimate of drug-likeness (QED) is 0.686. The molecule has 1 unspecified atom stereocenters. The first-order valence-corrected chi connectivity index (χ1v) is 12.0. The van der Waals surface area contributed by atoms with E-state index < -0.39 is 11.0 Å². The van der Waals surface area contributed by atoms with Crippen LogP contribution in [-0.4, -0.2) is 61.8 Å². The van der Waals surface area contributed by atoms with E-state index in [-0.39, 0.29) is 18.4 Å². The Labute approximate surface area is 199 Å². The van der Waals surface area contributed by atoms with Gasteiger partial charge in [-0.25, -0.2) is 0 Å². The molecule has 3 aliphatic rings. The van der Waals surface area contributed by atoms with Crippen LogP contribution >= 0.6 is 11.6 Å². The van der Waals surface area contributed by atoms with E-state index in [1.165, 1.54) is 5.56 Å². The van der Waals surface area contributed by atoms with E-state index in [9.17, 15) is 9.59 Å². The van der Waals surface area contributed by atoms with Crippen molar-refractivity contribution in [1.29, 1.82) is 0 Å². The fourth-order valence-corrected chi connectivity index (χ4v) is 5.59. The second-order valence-corrected chi connectivity index (χ2v) is 9.90. The van der Waals surface area contributed by atoms with Crippen molar-refractivity contribution in [3.8, 4) is 0 Å². The number of rotatable bonds is 4. The van der Waals surface area contributed by atoms with Gasteiger partial charge in [0.05, 0.1) is 18.5 Å². The fourth-order valence-electron chi connectivity index (χ4n) is 5.41. The third kappa shape index (κ3) is 4.52. The minimum absolute atomic E-state index is 0.0115. The van der Waals surface area contributed by atoms with Crippen LogP contribution in [0.5, 0.6) is 0 Å². The predicted octanol–water partition coefficient (Wildman–Crippen LogP) is 3.71. The summed E-state index contributed by atoms with van der Waals surface area (Å²) >= 11 is 6.16. The largest absolute Gasteiger partial charge is 0.381 e. The molecule has 0 bridgehead atoms. The van der Waals surface area contributed by atoms with Gasteiger partial charge in [0, 0.05) is 30.5 Å². The zero-order valence-electron chi connectivity index (χ0n) is 18.7. The minimum atomic E-state index is -0.551. The van der Waals surface area contributed by atoms with Crippen LogP contribution in [0.2, 0.25) is 5.02 Å². The lowest BCUT2D eigenvalue weighted by Crippen LogP contribution is -2.57. The number of anilines is 1. The second-order valence-electron chi connectivity index (χ2n) is 9.46. The SMILES string of the molecule is O=C1COC2(CCN(C(=O)C3(Cc4ccccc4)CCOCC3)C2)CN1c1cccc(Cl)c1. The predicted molar refractivity (Wildman–Crippen MR) is 126 cm³/mol. The molecule has 174 valence electrons. The number of morpholine rings is 1. The van der Waals surface area contributed by atoms with Gasteiger partial charge in [-0.15, -0.1) is 0 Å². The van der Waals surface area contributed by atoms with Gasteiger partial charge in [-0.05, 0) is 49.4 Å². The summed E-state index contributed by atoms with van der Waals surface area (Å²) in [5, 5.41) is 0.589. The number of ether oxygens (including phenoxy) is 2. The van der Waals surface area contributed by atoms with Crippen molar-refractivity contribution in [1.82, 2.24) is 4.90 Å². The van der Waals surface area contributed by atoms with Crippen LogP contribution in [0.1, 0.15) is 24.8 Å². The monoisotopic (exact) mass is 468 g/mol. The second kappa shape index (κ2) is 9.09. The molecule has 0 aliphatic carbocycles. The Morgan fingerprint density at radius 2 is 1.79 bits per heavy atom. The molecule has 3 saturated heterocycles. The zero-order valence-corrected chi connectivity index (χ0v) is 19.4. The maximum atomic E-state index is 13.9. The van der Waals surface area contributed by atoms with Crippen LogP contribution in [0.25, 0.3) is 0 Å². The number of amides is 2. The van der Waals surface area contributed by atoms with Crippen molar-refractivity contribution in [3.05, 3.63) is 65.2 Å². The number of hydrogen-bond acceptors (Lipinski definition) is 4. The summed E-state index contributed by atoms with van der Waals surface area (Å²) in [5.74, 6) is 0.0963. The molecule has 3 fully saturated rings. The number of benzene rings is 2. The molecule has 2 amide bonds. The van der Waals surface area contributed by atoms with Crippen molar-refractivity contribution < 1.29 is 19.1 Å². The van der Waals surface area contributed by atoms with E-state index in [0.717, 1.165) is 18.5 Å². The lowest BCUT2D eigenvalue weighted by atomic mass is 9.74. The number of likely N-dealkylation sites (tertiary alicyclic amines) is 1. The van der Waals surface area contributed by atoms with Crippen LogP contribution in [0.15, 0.2) is 54.6 Å². The summed E-state index contributed by atoms with van der Waals surface area (Å²) in [4.78, 5) is 30.3. The molecule has 0 aromatic heterocycles. The molecule has 2 aromatic rings.